The van der Waals surface area contributed by atoms with Crippen LogP contribution >= 0.6 is 0 Å². The van der Waals surface area contributed by atoms with Crippen LogP contribution in [-0.4, -0.2) is 11.0 Å². The fourth-order valence-electron chi connectivity index (χ4n) is 3.15. The molecule has 1 atom stereocenters. The van der Waals surface area contributed by atoms with Crippen LogP contribution in [0.5, 0.6) is 5.75 Å². The number of para-hydroxylation sites is 1. The molecule has 3 aromatic carbocycles. The largest absolute Gasteiger partial charge is 0.508 e. The summed E-state index contributed by atoms with van der Waals surface area (Å²) >= 11 is 0. The number of aryl methyl sites for hydroxylation is 1. The van der Waals surface area contributed by atoms with E-state index in [9.17, 15) is 9.90 Å². The number of hydrogen-bond acceptors (Lipinski definition) is 3. The number of phenols is 1. The van der Waals surface area contributed by atoms with Gasteiger partial charge in [-0.2, -0.15) is 0 Å². The lowest BCUT2D eigenvalue weighted by Crippen LogP contribution is -2.43. The Morgan fingerprint density at radius 2 is 1.72 bits per heavy atom. The standard InChI is InChI=1S/C21H18N2O2/c1-14-9-11-16(12-10-14)23-20(15-5-4-6-17(24)13-15)22-19-8-3-2-7-18(19)21(23)25/h2-13,20,22,24H,1H3/t20-/m0/s1. The fourth-order valence-corrected chi connectivity index (χ4v) is 3.15. The van der Waals surface area contributed by atoms with Gasteiger partial charge in [0.15, 0.2) is 0 Å². The van der Waals surface area contributed by atoms with Crippen molar-refractivity contribution in [2.75, 3.05) is 10.2 Å². The van der Waals surface area contributed by atoms with Gasteiger partial charge < -0.3 is 10.4 Å². The lowest BCUT2D eigenvalue weighted by atomic mass is 10.0. The number of benzene rings is 3. The first kappa shape index (κ1) is 15.3. The molecule has 3 aromatic rings. The van der Waals surface area contributed by atoms with Crippen molar-refractivity contribution in [1.82, 2.24) is 0 Å². The Bertz CT molecular complexity index is 935. The highest BCUT2D eigenvalue weighted by molar-refractivity contribution is 6.12. The van der Waals surface area contributed by atoms with Gasteiger partial charge in [0.1, 0.15) is 11.9 Å². The number of rotatable bonds is 2. The predicted octanol–water partition coefficient (Wildman–Crippen LogP) is 4.47. The van der Waals surface area contributed by atoms with E-state index in [2.05, 4.69) is 5.32 Å². The first-order chi connectivity index (χ1) is 12.1. The minimum atomic E-state index is -0.391. The Morgan fingerprint density at radius 3 is 2.48 bits per heavy atom. The zero-order valence-corrected chi connectivity index (χ0v) is 13.8. The Balaban J connectivity index is 1.87. The molecule has 4 nitrogen and oxygen atoms in total. The summed E-state index contributed by atoms with van der Waals surface area (Å²) in [6.07, 6.45) is -0.391. The molecule has 1 aliphatic heterocycles. The zero-order chi connectivity index (χ0) is 17.4. The van der Waals surface area contributed by atoms with Gasteiger partial charge in [0, 0.05) is 11.4 Å². The molecular weight excluding hydrogens is 312 g/mol. The molecule has 0 fully saturated rings. The highest BCUT2D eigenvalue weighted by Crippen LogP contribution is 2.37. The fraction of sp³-hybridized carbons (Fsp3) is 0.0952. The van der Waals surface area contributed by atoms with E-state index >= 15 is 0 Å². The Morgan fingerprint density at radius 1 is 0.960 bits per heavy atom. The third-order valence-electron chi connectivity index (χ3n) is 4.42. The van der Waals surface area contributed by atoms with E-state index in [1.54, 1.807) is 23.1 Å². The van der Waals surface area contributed by atoms with Crippen LogP contribution in [0.1, 0.15) is 27.7 Å². The smallest absolute Gasteiger partial charge is 0.262 e. The van der Waals surface area contributed by atoms with E-state index in [1.807, 2.05) is 61.5 Å². The molecule has 2 N–H and O–H groups in total. The average molecular weight is 330 g/mol. The molecule has 25 heavy (non-hydrogen) atoms. The van der Waals surface area contributed by atoms with E-state index in [-0.39, 0.29) is 11.7 Å². The van der Waals surface area contributed by atoms with Crippen molar-refractivity contribution >= 4 is 17.3 Å². The second-order valence-corrected chi connectivity index (χ2v) is 6.20. The summed E-state index contributed by atoms with van der Waals surface area (Å²) in [6.45, 7) is 2.02. The van der Waals surface area contributed by atoms with Crippen LogP contribution in [0.4, 0.5) is 11.4 Å². The van der Waals surface area contributed by atoms with Crippen molar-refractivity contribution in [2.24, 2.45) is 0 Å². The monoisotopic (exact) mass is 330 g/mol. The lowest BCUT2D eigenvalue weighted by Gasteiger charge is -2.38. The van der Waals surface area contributed by atoms with Crippen LogP contribution in [0.2, 0.25) is 0 Å². The summed E-state index contributed by atoms with van der Waals surface area (Å²) in [5.74, 6) is 0.112. The molecule has 1 heterocycles. The third-order valence-corrected chi connectivity index (χ3v) is 4.42. The molecule has 0 saturated heterocycles. The number of carbonyl (C=O) groups is 1. The van der Waals surface area contributed by atoms with Crippen molar-refractivity contribution in [3.05, 3.63) is 89.5 Å². The van der Waals surface area contributed by atoms with Crippen LogP contribution < -0.4 is 10.2 Å². The number of nitrogens with zero attached hydrogens (tertiary/aromatic N) is 1. The first-order valence-corrected chi connectivity index (χ1v) is 8.18. The SMILES string of the molecule is Cc1ccc(N2C(=O)c3ccccc3N[C@@H]2c2cccc(O)c2)cc1. The first-order valence-electron chi connectivity index (χ1n) is 8.18. The summed E-state index contributed by atoms with van der Waals surface area (Å²) in [5.41, 5.74) is 4.20. The molecule has 0 spiro atoms. The molecule has 0 aliphatic carbocycles. The van der Waals surface area contributed by atoms with Crippen LogP contribution in [0.15, 0.2) is 72.8 Å². The average Bonchev–Trinajstić information content (AvgIpc) is 2.63. The lowest BCUT2D eigenvalue weighted by molar-refractivity contribution is 0.0975. The number of amides is 1. The van der Waals surface area contributed by atoms with Gasteiger partial charge in [0.25, 0.3) is 5.91 Å². The van der Waals surface area contributed by atoms with Crippen LogP contribution in [-0.2, 0) is 0 Å². The van der Waals surface area contributed by atoms with Gasteiger partial charge in [-0.3, -0.25) is 9.69 Å². The van der Waals surface area contributed by atoms with Gasteiger partial charge in [-0.15, -0.1) is 0 Å². The Hall–Kier alpha value is -3.27. The van der Waals surface area contributed by atoms with E-state index in [0.29, 0.717) is 5.56 Å². The summed E-state index contributed by atoms with van der Waals surface area (Å²) in [6, 6.07) is 22.3. The maximum absolute atomic E-state index is 13.2. The molecule has 124 valence electrons. The Labute approximate surface area is 146 Å². The number of anilines is 2. The van der Waals surface area contributed by atoms with Crippen molar-refractivity contribution in [3.8, 4) is 5.75 Å². The van der Waals surface area contributed by atoms with Gasteiger partial charge in [-0.05, 0) is 48.9 Å². The maximum atomic E-state index is 13.2. The van der Waals surface area contributed by atoms with Gasteiger partial charge >= 0.3 is 0 Å². The van der Waals surface area contributed by atoms with Crippen LogP contribution in [0, 0.1) is 6.92 Å². The molecule has 0 bridgehead atoms. The highest BCUT2D eigenvalue weighted by Gasteiger charge is 2.33. The normalized spacial score (nSPS) is 16.3. The van der Waals surface area contributed by atoms with Crippen molar-refractivity contribution in [2.45, 2.75) is 13.1 Å². The minimum absolute atomic E-state index is 0.0634. The molecule has 0 saturated carbocycles. The molecule has 4 heteroatoms. The maximum Gasteiger partial charge on any atom is 0.262 e. The van der Waals surface area contributed by atoms with Crippen molar-refractivity contribution < 1.29 is 9.90 Å². The number of nitrogens with one attached hydrogen (secondary N) is 1. The second kappa shape index (κ2) is 5.98. The van der Waals surface area contributed by atoms with Crippen molar-refractivity contribution in [1.29, 1.82) is 0 Å². The number of aromatic hydroxyl groups is 1. The Kier molecular flexibility index (Phi) is 3.65. The number of carbonyl (C=O) groups excluding carboxylic acids is 1. The van der Waals surface area contributed by atoms with E-state index in [0.717, 1.165) is 22.5 Å². The minimum Gasteiger partial charge on any atom is -0.508 e. The number of hydrogen-bond donors (Lipinski definition) is 2. The molecule has 1 amide bonds. The molecule has 0 aromatic heterocycles. The quantitative estimate of drug-likeness (QED) is 0.729. The van der Waals surface area contributed by atoms with E-state index in [1.165, 1.54) is 0 Å². The zero-order valence-electron chi connectivity index (χ0n) is 13.8. The second-order valence-electron chi connectivity index (χ2n) is 6.20. The van der Waals surface area contributed by atoms with Gasteiger partial charge in [-0.1, -0.05) is 42.0 Å². The van der Waals surface area contributed by atoms with Crippen molar-refractivity contribution in [3.63, 3.8) is 0 Å². The van der Waals surface area contributed by atoms with Gasteiger partial charge in [-0.25, -0.2) is 0 Å². The molecule has 0 unspecified atom stereocenters. The molecule has 1 aliphatic rings. The molecule has 0 radical (unpaired) electrons. The highest BCUT2D eigenvalue weighted by atomic mass is 16.3. The third kappa shape index (κ3) is 2.72. The summed E-state index contributed by atoms with van der Waals surface area (Å²) < 4.78 is 0. The summed E-state index contributed by atoms with van der Waals surface area (Å²) in [5, 5.41) is 13.3. The predicted molar refractivity (Wildman–Crippen MR) is 98.9 cm³/mol. The summed E-state index contributed by atoms with van der Waals surface area (Å²) in [7, 11) is 0. The summed E-state index contributed by atoms with van der Waals surface area (Å²) in [4.78, 5) is 14.9. The van der Waals surface area contributed by atoms with Gasteiger partial charge in [0.05, 0.1) is 5.56 Å². The molecular formula is C21H18N2O2. The van der Waals surface area contributed by atoms with E-state index < -0.39 is 6.17 Å². The van der Waals surface area contributed by atoms with Crippen LogP contribution in [0.3, 0.4) is 0 Å². The topological polar surface area (TPSA) is 52.6 Å². The van der Waals surface area contributed by atoms with Crippen LogP contribution in [0.25, 0.3) is 0 Å². The number of phenolic OH excluding ortho intramolecular Hbond substituents is 1. The van der Waals surface area contributed by atoms with E-state index in [4.69, 9.17) is 0 Å². The number of fused-ring (bicyclic) bond motifs is 1. The molecule has 4 rings (SSSR count). The van der Waals surface area contributed by atoms with Gasteiger partial charge in [0.2, 0.25) is 0 Å².